The number of H-pyrrole nitrogens is 1. The van der Waals surface area contributed by atoms with Gasteiger partial charge < -0.3 is 5.11 Å². The van der Waals surface area contributed by atoms with Crippen molar-refractivity contribution >= 4 is 27.7 Å². The summed E-state index contributed by atoms with van der Waals surface area (Å²) < 4.78 is 2.41. The Bertz CT molecular complexity index is 609. The molecule has 0 unspecified atom stereocenters. The number of aromatic nitrogens is 3. The van der Waals surface area contributed by atoms with Crippen LogP contribution < -0.4 is 5.69 Å². The van der Waals surface area contributed by atoms with Crippen molar-refractivity contribution in [1.82, 2.24) is 14.8 Å². The third kappa shape index (κ3) is 2.68. The van der Waals surface area contributed by atoms with E-state index in [9.17, 15) is 4.79 Å². The topological polar surface area (TPSA) is 70.9 Å². The average molecular weight is 330 g/mol. The number of nitrogens with one attached hydrogen (secondary N) is 1. The number of halogens is 1. The van der Waals surface area contributed by atoms with Crippen molar-refractivity contribution in [2.24, 2.45) is 0 Å². The van der Waals surface area contributed by atoms with Crippen molar-refractivity contribution in [3.05, 3.63) is 38.7 Å². The van der Waals surface area contributed by atoms with Gasteiger partial charge in [-0.25, -0.2) is 9.89 Å². The van der Waals surface area contributed by atoms with Crippen LogP contribution in [0.15, 0.2) is 37.5 Å². The predicted molar refractivity (Wildman–Crippen MR) is 72.7 cm³/mol. The van der Waals surface area contributed by atoms with Crippen LogP contribution in [0, 0.1) is 0 Å². The van der Waals surface area contributed by atoms with Crippen LogP contribution in [0.4, 0.5) is 0 Å². The minimum atomic E-state index is -0.203. The Morgan fingerprint density at radius 1 is 1.56 bits per heavy atom. The van der Waals surface area contributed by atoms with E-state index < -0.39 is 0 Å². The average Bonchev–Trinajstić information content (AvgIpc) is 2.70. The first-order chi connectivity index (χ1) is 8.65. The molecule has 0 fully saturated rings. The molecule has 0 aliphatic rings. The highest BCUT2D eigenvalue weighted by Crippen LogP contribution is 2.29. The van der Waals surface area contributed by atoms with E-state index in [1.165, 1.54) is 11.8 Å². The van der Waals surface area contributed by atoms with E-state index in [4.69, 9.17) is 5.11 Å². The van der Waals surface area contributed by atoms with E-state index in [0.717, 1.165) is 14.9 Å². The van der Waals surface area contributed by atoms with Gasteiger partial charge in [0.15, 0.2) is 5.16 Å². The van der Waals surface area contributed by atoms with Gasteiger partial charge in [0.05, 0.1) is 6.61 Å². The van der Waals surface area contributed by atoms with Crippen molar-refractivity contribution in [3.63, 3.8) is 0 Å². The molecule has 1 aromatic heterocycles. The minimum absolute atomic E-state index is 0.00635. The van der Waals surface area contributed by atoms with Crippen LogP contribution in [-0.2, 0) is 13.2 Å². The number of aliphatic hydroxyl groups excluding tert-OH is 1. The zero-order valence-electron chi connectivity index (χ0n) is 9.68. The lowest BCUT2D eigenvalue weighted by Gasteiger charge is -2.05. The summed E-state index contributed by atoms with van der Waals surface area (Å²) in [7, 11) is 0. The largest absolute Gasteiger partial charge is 0.392 e. The summed E-state index contributed by atoms with van der Waals surface area (Å²) >= 11 is 4.79. The van der Waals surface area contributed by atoms with Crippen LogP contribution in [0.1, 0.15) is 12.5 Å². The molecule has 5 nitrogen and oxygen atoms in total. The number of benzene rings is 1. The smallest absolute Gasteiger partial charge is 0.343 e. The van der Waals surface area contributed by atoms with Crippen molar-refractivity contribution in [3.8, 4) is 0 Å². The maximum absolute atomic E-state index is 11.4. The summed E-state index contributed by atoms with van der Waals surface area (Å²) in [4.78, 5) is 12.4. The second-order valence-electron chi connectivity index (χ2n) is 3.57. The number of aliphatic hydroxyl groups is 1. The van der Waals surface area contributed by atoms with Gasteiger partial charge in [0.1, 0.15) is 0 Å². The molecule has 96 valence electrons. The standard InChI is InChI=1S/C11H12BrN3O2S/c1-2-15-10(17)13-14-11(15)18-8-4-3-7(6-16)9(12)5-8/h3-5,16H,2,6H2,1H3,(H,13,17). The van der Waals surface area contributed by atoms with E-state index in [2.05, 4.69) is 26.1 Å². The van der Waals surface area contributed by atoms with E-state index in [1.54, 1.807) is 4.57 Å². The van der Waals surface area contributed by atoms with Crippen molar-refractivity contribution < 1.29 is 5.11 Å². The number of hydrogen-bond donors (Lipinski definition) is 2. The van der Waals surface area contributed by atoms with Gasteiger partial charge in [-0.2, -0.15) is 0 Å². The molecule has 0 bridgehead atoms. The van der Waals surface area contributed by atoms with E-state index in [-0.39, 0.29) is 12.3 Å². The molecule has 0 aliphatic heterocycles. The van der Waals surface area contributed by atoms with Gasteiger partial charge in [-0.1, -0.05) is 22.0 Å². The Kier molecular flexibility index (Phi) is 4.26. The molecule has 0 saturated heterocycles. The van der Waals surface area contributed by atoms with Gasteiger partial charge in [-0.3, -0.25) is 4.57 Å². The second kappa shape index (κ2) is 5.73. The van der Waals surface area contributed by atoms with Crippen LogP contribution in [0.2, 0.25) is 0 Å². The minimum Gasteiger partial charge on any atom is -0.392 e. The molecule has 1 aromatic carbocycles. The summed E-state index contributed by atoms with van der Waals surface area (Å²) in [5.74, 6) is 0. The zero-order chi connectivity index (χ0) is 13.1. The van der Waals surface area contributed by atoms with E-state index in [0.29, 0.717) is 11.7 Å². The third-order valence-corrected chi connectivity index (χ3v) is 4.17. The fraction of sp³-hybridized carbons (Fsp3) is 0.273. The molecule has 0 spiro atoms. The van der Waals surface area contributed by atoms with E-state index >= 15 is 0 Å². The van der Waals surface area contributed by atoms with E-state index in [1.807, 2.05) is 25.1 Å². The fourth-order valence-electron chi connectivity index (χ4n) is 1.49. The SMILES string of the molecule is CCn1c(Sc2ccc(CO)c(Br)c2)n[nH]c1=O. The molecule has 1 heterocycles. The third-order valence-electron chi connectivity index (χ3n) is 2.44. The lowest BCUT2D eigenvalue weighted by atomic mass is 10.2. The summed E-state index contributed by atoms with van der Waals surface area (Å²) in [6.07, 6.45) is 0. The van der Waals surface area contributed by atoms with Gasteiger partial charge >= 0.3 is 5.69 Å². The van der Waals surface area contributed by atoms with Crippen LogP contribution >= 0.6 is 27.7 Å². The quantitative estimate of drug-likeness (QED) is 0.899. The number of aromatic amines is 1. The molecule has 18 heavy (non-hydrogen) atoms. The first-order valence-corrected chi connectivity index (χ1v) is 6.99. The van der Waals surface area contributed by atoms with Crippen LogP contribution in [0.3, 0.4) is 0 Å². The molecule has 2 N–H and O–H groups in total. The van der Waals surface area contributed by atoms with Gasteiger partial charge in [-0.15, -0.1) is 5.10 Å². The van der Waals surface area contributed by atoms with Gasteiger partial charge in [0, 0.05) is 15.9 Å². The Labute approximate surface area is 116 Å². The fourth-order valence-corrected chi connectivity index (χ4v) is 3.08. The molecular weight excluding hydrogens is 318 g/mol. The van der Waals surface area contributed by atoms with Crippen molar-refractivity contribution in [1.29, 1.82) is 0 Å². The molecule has 7 heteroatoms. The second-order valence-corrected chi connectivity index (χ2v) is 5.46. The molecule has 0 aliphatic carbocycles. The Balaban J connectivity index is 2.28. The molecule has 0 radical (unpaired) electrons. The Morgan fingerprint density at radius 2 is 2.33 bits per heavy atom. The number of rotatable bonds is 4. The monoisotopic (exact) mass is 329 g/mol. The lowest BCUT2D eigenvalue weighted by molar-refractivity contribution is 0.281. The molecule has 0 atom stereocenters. The van der Waals surface area contributed by atoms with Crippen LogP contribution in [0.5, 0.6) is 0 Å². The first kappa shape index (κ1) is 13.4. The van der Waals surface area contributed by atoms with Crippen molar-refractivity contribution in [2.75, 3.05) is 0 Å². The molecule has 2 rings (SSSR count). The molecule has 0 saturated carbocycles. The van der Waals surface area contributed by atoms with Crippen molar-refractivity contribution in [2.45, 2.75) is 30.1 Å². The number of hydrogen-bond acceptors (Lipinski definition) is 4. The predicted octanol–water partition coefficient (Wildman–Crippen LogP) is 2.00. The summed E-state index contributed by atoms with van der Waals surface area (Å²) in [6.45, 7) is 2.47. The first-order valence-electron chi connectivity index (χ1n) is 5.38. The summed E-state index contributed by atoms with van der Waals surface area (Å²) in [5.41, 5.74) is 0.625. The maximum atomic E-state index is 11.4. The molecule has 0 amide bonds. The normalized spacial score (nSPS) is 10.8. The molecular formula is C11H12BrN3O2S. The Hall–Kier alpha value is -1.05. The Morgan fingerprint density at radius 3 is 2.94 bits per heavy atom. The summed E-state index contributed by atoms with van der Waals surface area (Å²) in [5, 5.41) is 16.1. The highest BCUT2D eigenvalue weighted by molar-refractivity contribution is 9.10. The van der Waals surface area contributed by atoms with Crippen LogP contribution in [-0.4, -0.2) is 19.9 Å². The van der Waals surface area contributed by atoms with Gasteiger partial charge in [-0.05, 0) is 36.4 Å². The zero-order valence-corrected chi connectivity index (χ0v) is 12.1. The molecule has 2 aromatic rings. The van der Waals surface area contributed by atoms with Gasteiger partial charge in [0.2, 0.25) is 0 Å². The maximum Gasteiger partial charge on any atom is 0.343 e. The highest BCUT2D eigenvalue weighted by Gasteiger charge is 2.09. The summed E-state index contributed by atoms with van der Waals surface area (Å²) in [6, 6.07) is 5.63. The van der Waals surface area contributed by atoms with Gasteiger partial charge in [0.25, 0.3) is 0 Å². The lowest BCUT2D eigenvalue weighted by Crippen LogP contribution is -2.15. The highest BCUT2D eigenvalue weighted by atomic mass is 79.9. The van der Waals surface area contributed by atoms with Crippen LogP contribution in [0.25, 0.3) is 0 Å². The number of nitrogens with zero attached hydrogens (tertiary/aromatic N) is 2.